The Morgan fingerprint density at radius 2 is 1.30 bits per heavy atom. The van der Waals surface area contributed by atoms with E-state index in [9.17, 15) is 18.0 Å². The average Bonchev–Trinajstić information content (AvgIpc) is 2.75. The zero-order valence-electron chi connectivity index (χ0n) is 18.3. The summed E-state index contributed by atoms with van der Waals surface area (Å²) in [5, 5.41) is 2.79. The largest absolute Gasteiger partial charge is 0.355 e. The van der Waals surface area contributed by atoms with E-state index >= 15 is 0 Å². The molecule has 3 fully saturated rings. The average molecular weight is 442 g/mol. The number of sulfonamides is 1. The predicted molar refractivity (Wildman–Crippen MR) is 117 cm³/mol. The Morgan fingerprint density at radius 3 is 1.87 bits per heavy atom. The normalized spacial score (nSPS) is 22.7. The molecular weight excluding hydrogens is 402 g/mol. The molecule has 0 radical (unpaired) electrons. The van der Waals surface area contributed by atoms with Crippen LogP contribution in [0.1, 0.15) is 77.0 Å². The van der Waals surface area contributed by atoms with E-state index in [2.05, 4.69) is 5.32 Å². The van der Waals surface area contributed by atoms with Crippen molar-refractivity contribution < 1.29 is 18.0 Å². The molecular formula is C22H39N3O4S. The van der Waals surface area contributed by atoms with Crippen LogP contribution in [-0.4, -0.2) is 67.9 Å². The zero-order valence-corrected chi connectivity index (χ0v) is 19.1. The van der Waals surface area contributed by atoms with Crippen LogP contribution in [0.15, 0.2) is 0 Å². The van der Waals surface area contributed by atoms with Gasteiger partial charge in [0.2, 0.25) is 21.8 Å². The molecule has 8 heteroatoms. The van der Waals surface area contributed by atoms with Gasteiger partial charge in [0.25, 0.3) is 0 Å². The minimum absolute atomic E-state index is 0.0322. The molecule has 172 valence electrons. The van der Waals surface area contributed by atoms with Crippen LogP contribution in [0.5, 0.6) is 0 Å². The maximum Gasteiger partial charge on any atom is 0.222 e. The molecule has 2 saturated carbocycles. The highest BCUT2D eigenvalue weighted by molar-refractivity contribution is 7.89. The third-order valence-corrected chi connectivity index (χ3v) is 8.93. The van der Waals surface area contributed by atoms with Gasteiger partial charge in [0, 0.05) is 45.6 Å². The van der Waals surface area contributed by atoms with E-state index in [1.165, 1.54) is 42.8 Å². The smallest absolute Gasteiger partial charge is 0.222 e. The fraction of sp³-hybridized carbons (Fsp3) is 0.909. The summed E-state index contributed by atoms with van der Waals surface area (Å²) in [4.78, 5) is 26.5. The molecule has 0 unspecified atom stereocenters. The molecule has 0 aromatic rings. The lowest BCUT2D eigenvalue weighted by Crippen LogP contribution is -2.51. The highest BCUT2D eigenvalue weighted by atomic mass is 32.2. The minimum Gasteiger partial charge on any atom is -0.355 e. The molecule has 2 amide bonds. The van der Waals surface area contributed by atoms with E-state index in [1.54, 1.807) is 0 Å². The maximum absolute atomic E-state index is 12.6. The molecule has 0 spiro atoms. The van der Waals surface area contributed by atoms with Crippen molar-refractivity contribution >= 4 is 21.8 Å². The molecule has 7 nitrogen and oxygen atoms in total. The summed E-state index contributed by atoms with van der Waals surface area (Å²) in [6.07, 6.45) is 13.0. The number of amides is 2. The summed E-state index contributed by atoms with van der Waals surface area (Å²) >= 11 is 0. The van der Waals surface area contributed by atoms with Crippen molar-refractivity contribution in [2.45, 2.75) is 77.0 Å². The fourth-order valence-electron chi connectivity index (χ4n) is 5.16. The second-order valence-electron chi connectivity index (χ2n) is 9.36. The number of nitrogens with zero attached hydrogens (tertiary/aromatic N) is 2. The van der Waals surface area contributed by atoms with Crippen LogP contribution in [0.25, 0.3) is 0 Å². The van der Waals surface area contributed by atoms with Gasteiger partial charge in [-0.25, -0.2) is 8.42 Å². The van der Waals surface area contributed by atoms with Gasteiger partial charge in [0.05, 0.1) is 5.75 Å². The van der Waals surface area contributed by atoms with Gasteiger partial charge in [-0.3, -0.25) is 9.59 Å². The number of hydrogen-bond donors (Lipinski definition) is 1. The highest BCUT2D eigenvalue weighted by Crippen LogP contribution is 2.27. The summed E-state index contributed by atoms with van der Waals surface area (Å²) < 4.78 is 26.7. The third kappa shape index (κ3) is 7.22. The van der Waals surface area contributed by atoms with E-state index in [1.807, 2.05) is 4.90 Å². The topological polar surface area (TPSA) is 86.8 Å². The molecule has 1 aliphatic heterocycles. The molecule has 3 rings (SSSR count). The lowest BCUT2D eigenvalue weighted by Gasteiger charge is -2.35. The molecule has 1 heterocycles. The van der Waals surface area contributed by atoms with Crippen LogP contribution < -0.4 is 5.32 Å². The van der Waals surface area contributed by atoms with Crippen LogP contribution >= 0.6 is 0 Å². The Kier molecular flexibility index (Phi) is 8.98. The van der Waals surface area contributed by atoms with Gasteiger partial charge in [-0.05, 0) is 37.5 Å². The van der Waals surface area contributed by atoms with Crippen molar-refractivity contribution in [3.8, 4) is 0 Å². The van der Waals surface area contributed by atoms with Crippen molar-refractivity contribution in [3.05, 3.63) is 0 Å². The predicted octanol–water partition coefficient (Wildman–Crippen LogP) is 2.52. The Balaban J connectivity index is 1.34. The lowest BCUT2D eigenvalue weighted by atomic mass is 9.86. The second-order valence-corrected chi connectivity index (χ2v) is 11.5. The first-order valence-corrected chi connectivity index (χ1v) is 13.6. The Labute approximate surface area is 182 Å². The van der Waals surface area contributed by atoms with Crippen molar-refractivity contribution in [2.75, 3.05) is 38.5 Å². The summed E-state index contributed by atoms with van der Waals surface area (Å²) in [6.45, 7) is 1.82. The Hall–Kier alpha value is -1.15. The van der Waals surface area contributed by atoms with E-state index in [0.29, 0.717) is 50.9 Å². The standard InChI is InChI=1S/C22H39N3O4S/c26-21(17-19-7-3-1-4-8-19)23-11-16-30(28,29)25-14-12-24(13-15-25)22(27)18-20-9-5-2-6-10-20/h19-20H,1-18H2,(H,23,26). The number of carbonyl (C=O) groups excluding carboxylic acids is 2. The molecule has 0 bridgehead atoms. The number of nitrogens with one attached hydrogen (secondary N) is 1. The number of piperazine rings is 1. The quantitative estimate of drug-likeness (QED) is 0.627. The Morgan fingerprint density at radius 1 is 0.767 bits per heavy atom. The van der Waals surface area contributed by atoms with Crippen LogP contribution in [0.2, 0.25) is 0 Å². The van der Waals surface area contributed by atoms with Gasteiger partial charge in [0.1, 0.15) is 0 Å². The highest BCUT2D eigenvalue weighted by Gasteiger charge is 2.30. The van der Waals surface area contributed by atoms with Crippen LogP contribution in [0.3, 0.4) is 0 Å². The van der Waals surface area contributed by atoms with E-state index < -0.39 is 10.0 Å². The van der Waals surface area contributed by atoms with Gasteiger partial charge in [-0.1, -0.05) is 38.5 Å². The fourth-order valence-corrected chi connectivity index (χ4v) is 6.49. The molecule has 0 aromatic carbocycles. The van der Waals surface area contributed by atoms with Gasteiger partial charge in [-0.15, -0.1) is 0 Å². The summed E-state index contributed by atoms with van der Waals surface area (Å²) in [7, 11) is -3.41. The number of hydrogen-bond acceptors (Lipinski definition) is 4. The SMILES string of the molecule is O=C(CC1CCCCC1)NCCS(=O)(=O)N1CCN(C(=O)CC2CCCCC2)CC1. The first-order valence-electron chi connectivity index (χ1n) is 12.0. The first-order chi connectivity index (χ1) is 14.4. The van der Waals surface area contributed by atoms with Gasteiger partial charge < -0.3 is 10.2 Å². The Bertz CT molecular complexity index is 662. The van der Waals surface area contributed by atoms with E-state index in [-0.39, 0.29) is 24.1 Å². The van der Waals surface area contributed by atoms with Crippen LogP contribution in [0.4, 0.5) is 0 Å². The maximum atomic E-state index is 12.6. The number of carbonyl (C=O) groups is 2. The molecule has 1 saturated heterocycles. The monoisotopic (exact) mass is 441 g/mol. The van der Waals surface area contributed by atoms with Crippen molar-refractivity contribution in [2.24, 2.45) is 11.8 Å². The van der Waals surface area contributed by atoms with E-state index in [4.69, 9.17) is 0 Å². The summed E-state index contributed by atoms with van der Waals surface area (Å²) in [5.41, 5.74) is 0. The van der Waals surface area contributed by atoms with Gasteiger partial charge in [-0.2, -0.15) is 4.31 Å². The first kappa shape index (κ1) is 23.5. The molecule has 3 aliphatic rings. The van der Waals surface area contributed by atoms with Crippen LogP contribution in [-0.2, 0) is 19.6 Å². The molecule has 0 aromatic heterocycles. The van der Waals surface area contributed by atoms with Gasteiger partial charge in [0.15, 0.2) is 0 Å². The van der Waals surface area contributed by atoms with Crippen LogP contribution in [0, 0.1) is 11.8 Å². The third-order valence-electron chi connectivity index (χ3n) is 7.05. The van der Waals surface area contributed by atoms with Crippen molar-refractivity contribution in [1.29, 1.82) is 0 Å². The second kappa shape index (κ2) is 11.5. The van der Waals surface area contributed by atoms with Crippen molar-refractivity contribution in [1.82, 2.24) is 14.5 Å². The minimum atomic E-state index is -3.41. The van der Waals surface area contributed by atoms with Crippen molar-refractivity contribution in [3.63, 3.8) is 0 Å². The molecule has 0 atom stereocenters. The number of rotatable bonds is 8. The lowest BCUT2D eigenvalue weighted by molar-refractivity contribution is -0.133. The van der Waals surface area contributed by atoms with Gasteiger partial charge >= 0.3 is 0 Å². The summed E-state index contributed by atoms with van der Waals surface area (Å²) in [6, 6.07) is 0. The van der Waals surface area contributed by atoms with E-state index in [0.717, 1.165) is 25.7 Å². The molecule has 1 N–H and O–H groups in total. The molecule has 30 heavy (non-hydrogen) atoms. The summed E-state index contributed by atoms with van der Waals surface area (Å²) in [5.74, 6) is 1.03. The zero-order chi connectivity index (χ0) is 21.4. The molecule has 2 aliphatic carbocycles.